The Balaban J connectivity index is 2.65. The third-order valence-corrected chi connectivity index (χ3v) is 1.02. The van der Waals surface area contributed by atoms with Crippen LogP contribution in [0.1, 0.15) is 18.9 Å². The number of nitrogens with two attached hydrogens (primary N) is 1. The Kier molecular flexibility index (Phi) is 1.76. The molecule has 0 saturated carbocycles. The minimum Gasteiger partial charge on any atom is -0.294 e. The molecule has 50 valence electrons. The zero-order chi connectivity index (χ0) is 6.69. The van der Waals surface area contributed by atoms with Crippen LogP contribution < -0.4 is 5.90 Å². The van der Waals surface area contributed by atoms with Crippen molar-refractivity contribution in [2.45, 2.75) is 13.0 Å². The molecule has 0 spiro atoms. The highest BCUT2D eigenvalue weighted by molar-refractivity contribution is 4.83. The number of rotatable bonds is 2. The third-order valence-electron chi connectivity index (χ3n) is 1.02. The zero-order valence-corrected chi connectivity index (χ0v) is 5.03. The summed E-state index contributed by atoms with van der Waals surface area (Å²) >= 11 is 0. The van der Waals surface area contributed by atoms with Crippen molar-refractivity contribution in [3.8, 4) is 0 Å². The molecular weight excluding hydrogens is 120 g/mol. The highest BCUT2D eigenvalue weighted by Gasteiger charge is 2.04. The molecule has 5 nitrogen and oxygen atoms in total. The number of aromatic amines is 1. The van der Waals surface area contributed by atoms with Gasteiger partial charge in [-0.15, -0.1) is 0 Å². The number of aromatic nitrogens is 3. The Morgan fingerprint density at radius 1 is 1.89 bits per heavy atom. The summed E-state index contributed by atoms with van der Waals surface area (Å²) in [6.07, 6.45) is 1.19. The van der Waals surface area contributed by atoms with Crippen LogP contribution in [0, 0.1) is 0 Å². The molecule has 1 heterocycles. The van der Waals surface area contributed by atoms with Crippen molar-refractivity contribution in [2.24, 2.45) is 5.90 Å². The molecule has 1 rings (SSSR count). The van der Waals surface area contributed by atoms with Gasteiger partial charge in [-0.2, -0.15) is 5.10 Å². The maximum atomic E-state index is 4.88. The summed E-state index contributed by atoms with van der Waals surface area (Å²) in [5, 5.41) is 6.24. The number of nitrogens with one attached hydrogen (secondary N) is 1. The monoisotopic (exact) mass is 128 g/mol. The first kappa shape index (κ1) is 6.18. The van der Waals surface area contributed by atoms with Crippen LogP contribution >= 0.6 is 0 Å². The van der Waals surface area contributed by atoms with Gasteiger partial charge in [0.05, 0.1) is 0 Å². The number of H-pyrrole nitrogens is 1. The topological polar surface area (TPSA) is 76.8 Å². The molecule has 1 aromatic heterocycles. The van der Waals surface area contributed by atoms with Crippen molar-refractivity contribution in [3.05, 3.63) is 12.2 Å². The third kappa shape index (κ3) is 1.24. The van der Waals surface area contributed by atoms with Crippen molar-refractivity contribution in [2.75, 3.05) is 0 Å². The summed E-state index contributed by atoms with van der Waals surface area (Å²) in [6.45, 7) is 1.78. The second-order valence-corrected chi connectivity index (χ2v) is 1.65. The van der Waals surface area contributed by atoms with Gasteiger partial charge in [0.25, 0.3) is 0 Å². The van der Waals surface area contributed by atoms with Gasteiger partial charge < -0.3 is 0 Å². The van der Waals surface area contributed by atoms with Gasteiger partial charge in [0.15, 0.2) is 5.82 Å². The fraction of sp³-hybridized carbons (Fsp3) is 0.500. The molecule has 0 radical (unpaired) electrons. The first-order chi connectivity index (χ1) is 4.34. The van der Waals surface area contributed by atoms with E-state index in [0.717, 1.165) is 0 Å². The smallest absolute Gasteiger partial charge is 0.155 e. The fourth-order valence-electron chi connectivity index (χ4n) is 0.475. The van der Waals surface area contributed by atoms with E-state index < -0.39 is 0 Å². The van der Waals surface area contributed by atoms with Gasteiger partial charge in [-0.25, -0.2) is 10.9 Å². The van der Waals surface area contributed by atoms with Crippen LogP contribution in [-0.4, -0.2) is 15.2 Å². The van der Waals surface area contributed by atoms with Crippen LogP contribution in [0.25, 0.3) is 0 Å². The lowest BCUT2D eigenvalue weighted by Gasteiger charge is -2.01. The van der Waals surface area contributed by atoms with E-state index in [2.05, 4.69) is 20.0 Å². The van der Waals surface area contributed by atoms with Gasteiger partial charge in [0.1, 0.15) is 12.4 Å². The van der Waals surface area contributed by atoms with E-state index in [-0.39, 0.29) is 6.10 Å². The quantitative estimate of drug-likeness (QED) is 0.539. The predicted molar refractivity (Wildman–Crippen MR) is 30.1 cm³/mol. The van der Waals surface area contributed by atoms with Crippen LogP contribution in [0.3, 0.4) is 0 Å². The van der Waals surface area contributed by atoms with E-state index >= 15 is 0 Å². The molecule has 0 aromatic carbocycles. The first-order valence-electron chi connectivity index (χ1n) is 2.55. The molecule has 9 heavy (non-hydrogen) atoms. The molecule has 0 aliphatic heterocycles. The molecule has 5 heteroatoms. The number of hydrogen-bond donors (Lipinski definition) is 2. The van der Waals surface area contributed by atoms with Gasteiger partial charge in [-0.3, -0.25) is 9.94 Å². The highest BCUT2D eigenvalue weighted by atomic mass is 16.6. The van der Waals surface area contributed by atoms with Crippen LogP contribution in [-0.2, 0) is 4.84 Å². The Morgan fingerprint density at radius 2 is 2.67 bits per heavy atom. The molecule has 0 aliphatic carbocycles. The summed E-state index contributed by atoms with van der Waals surface area (Å²) in [7, 11) is 0. The standard InChI is InChI=1S/C4H8N4O/c1-3(9-5)4-6-2-7-8-4/h2-3H,5H2,1H3,(H,6,7,8). The average molecular weight is 128 g/mol. The summed E-state index contributed by atoms with van der Waals surface area (Å²) in [4.78, 5) is 8.28. The average Bonchev–Trinajstić information content (AvgIpc) is 2.37. The molecule has 3 N–H and O–H groups in total. The van der Waals surface area contributed by atoms with Gasteiger partial charge in [-0.05, 0) is 6.92 Å². The number of nitrogens with zero attached hydrogens (tertiary/aromatic N) is 2. The second kappa shape index (κ2) is 2.56. The molecule has 0 aliphatic rings. The van der Waals surface area contributed by atoms with Crippen LogP contribution in [0.2, 0.25) is 0 Å². The largest absolute Gasteiger partial charge is 0.294 e. The normalized spacial score (nSPS) is 13.6. The minimum atomic E-state index is -0.215. The maximum Gasteiger partial charge on any atom is 0.155 e. The molecule has 1 unspecified atom stereocenters. The lowest BCUT2D eigenvalue weighted by molar-refractivity contribution is 0.0604. The van der Waals surface area contributed by atoms with Crippen molar-refractivity contribution in [1.82, 2.24) is 15.2 Å². The molecule has 1 atom stereocenters. The van der Waals surface area contributed by atoms with Crippen molar-refractivity contribution < 1.29 is 4.84 Å². The van der Waals surface area contributed by atoms with Crippen molar-refractivity contribution in [1.29, 1.82) is 0 Å². The predicted octanol–water partition coefficient (Wildman–Crippen LogP) is -0.244. The van der Waals surface area contributed by atoms with E-state index in [1.165, 1.54) is 6.33 Å². The number of hydrogen-bond acceptors (Lipinski definition) is 4. The van der Waals surface area contributed by atoms with E-state index in [9.17, 15) is 0 Å². The molecular formula is C4H8N4O. The van der Waals surface area contributed by atoms with E-state index in [0.29, 0.717) is 5.82 Å². The van der Waals surface area contributed by atoms with E-state index in [1.54, 1.807) is 6.92 Å². The molecule has 1 aromatic rings. The first-order valence-corrected chi connectivity index (χ1v) is 2.55. The summed E-state index contributed by atoms with van der Waals surface area (Å²) in [5.74, 6) is 5.51. The molecule has 0 fully saturated rings. The van der Waals surface area contributed by atoms with Crippen LogP contribution in [0.4, 0.5) is 0 Å². The van der Waals surface area contributed by atoms with Gasteiger partial charge >= 0.3 is 0 Å². The maximum absolute atomic E-state index is 4.88. The van der Waals surface area contributed by atoms with Crippen molar-refractivity contribution in [3.63, 3.8) is 0 Å². The summed E-state index contributed by atoms with van der Waals surface area (Å²) in [6, 6.07) is 0. The zero-order valence-electron chi connectivity index (χ0n) is 5.03. The summed E-state index contributed by atoms with van der Waals surface area (Å²) in [5.41, 5.74) is 0. The Bertz CT molecular complexity index is 161. The molecule has 0 bridgehead atoms. The van der Waals surface area contributed by atoms with Gasteiger partial charge in [0, 0.05) is 0 Å². The second-order valence-electron chi connectivity index (χ2n) is 1.65. The Labute approximate surface area is 52.2 Å². The fourth-order valence-corrected chi connectivity index (χ4v) is 0.475. The Morgan fingerprint density at radius 3 is 3.11 bits per heavy atom. The lowest BCUT2D eigenvalue weighted by atomic mass is 10.4. The molecule has 0 amide bonds. The van der Waals surface area contributed by atoms with E-state index in [1.807, 2.05) is 0 Å². The highest BCUT2D eigenvalue weighted by Crippen LogP contribution is 2.05. The summed E-state index contributed by atoms with van der Waals surface area (Å²) < 4.78 is 0. The van der Waals surface area contributed by atoms with E-state index in [4.69, 9.17) is 5.90 Å². The van der Waals surface area contributed by atoms with Crippen LogP contribution in [0.5, 0.6) is 0 Å². The SMILES string of the molecule is CC(ON)c1ncn[nH]1. The van der Waals surface area contributed by atoms with Gasteiger partial charge in [-0.1, -0.05) is 0 Å². The molecule has 0 saturated heterocycles. The van der Waals surface area contributed by atoms with Crippen LogP contribution in [0.15, 0.2) is 6.33 Å². The lowest BCUT2D eigenvalue weighted by Crippen LogP contribution is -2.06. The van der Waals surface area contributed by atoms with Gasteiger partial charge in [0.2, 0.25) is 0 Å². The Hall–Kier alpha value is -0.940. The van der Waals surface area contributed by atoms with Crippen molar-refractivity contribution >= 4 is 0 Å². The minimum absolute atomic E-state index is 0.215.